The van der Waals surface area contributed by atoms with Gasteiger partial charge in [-0.15, -0.1) is 0 Å². The number of nitrogens with one attached hydrogen (secondary N) is 2. The van der Waals surface area contributed by atoms with Crippen LogP contribution < -0.4 is 10.6 Å². The third-order valence-corrected chi connectivity index (χ3v) is 7.88. The van der Waals surface area contributed by atoms with E-state index >= 15 is 0 Å². The summed E-state index contributed by atoms with van der Waals surface area (Å²) in [5.41, 5.74) is 1.03. The second-order valence-corrected chi connectivity index (χ2v) is 9.80. The van der Waals surface area contributed by atoms with Crippen molar-refractivity contribution in [2.24, 2.45) is 11.8 Å². The summed E-state index contributed by atoms with van der Waals surface area (Å²) < 4.78 is 4.93. The van der Waals surface area contributed by atoms with Gasteiger partial charge in [0.15, 0.2) is 6.61 Å². The van der Waals surface area contributed by atoms with Crippen LogP contribution in [-0.2, 0) is 28.7 Å². The molecule has 0 radical (unpaired) electrons. The highest BCUT2D eigenvalue weighted by Crippen LogP contribution is 2.43. The second-order valence-electron chi connectivity index (χ2n) is 7.45. The van der Waals surface area contributed by atoms with Crippen molar-refractivity contribution in [2.75, 3.05) is 23.8 Å². The number of anilines is 2. The lowest BCUT2D eigenvalue weighted by Crippen LogP contribution is -2.37. The molecule has 2 N–H and O–H groups in total. The molecule has 2 fully saturated rings. The van der Waals surface area contributed by atoms with Crippen LogP contribution in [0.15, 0.2) is 24.3 Å². The number of imide groups is 1. The third-order valence-electron chi connectivity index (χ3n) is 5.14. The number of nitrogens with zero attached hydrogens (tertiary/aromatic N) is 1. The molecule has 1 aromatic rings. The number of fused-ring (bicyclic) bond motifs is 1. The first kappa shape index (κ1) is 23.4. The summed E-state index contributed by atoms with van der Waals surface area (Å²) in [6.07, 6.45) is 1.03. The van der Waals surface area contributed by atoms with Crippen LogP contribution in [0.3, 0.4) is 0 Å². The minimum Gasteiger partial charge on any atom is -0.454 e. The molecular weight excluding hydrogens is 538 g/mol. The number of rotatable bonds is 6. The number of hydrogen-bond donors (Lipinski definition) is 2. The molecule has 0 aromatic heterocycles. The van der Waals surface area contributed by atoms with Gasteiger partial charge in [0.05, 0.1) is 11.8 Å². The topological polar surface area (TPSA) is 122 Å². The molecule has 1 saturated carbocycles. The van der Waals surface area contributed by atoms with Crippen molar-refractivity contribution in [3.05, 3.63) is 24.3 Å². The second kappa shape index (κ2) is 9.90. The molecule has 0 unspecified atom stereocenters. The Balaban J connectivity index is 1.47. The number of carbonyl (C=O) groups is 5. The number of carbonyl (C=O) groups excluding carboxylic acids is 5. The first-order chi connectivity index (χ1) is 14.7. The Morgan fingerprint density at radius 2 is 1.45 bits per heavy atom. The average Bonchev–Trinajstić information content (AvgIpc) is 2.92. The van der Waals surface area contributed by atoms with Crippen molar-refractivity contribution in [3.8, 4) is 0 Å². The van der Waals surface area contributed by atoms with Crippen LogP contribution in [0.2, 0.25) is 0 Å². The normalized spacial score (nSPS) is 25.1. The number of amides is 4. The minimum atomic E-state index is -0.831. The Morgan fingerprint density at radius 1 is 0.968 bits per heavy atom. The van der Waals surface area contributed by atoms with Crippen LogP contribution >= 0.6 is 31.9 Å². The zero-order valence-corrected chi connectivity index (χ0v) is 19.8. The number of hydrogen-bond acceptors (Lipinski definition) is 6. The smallest absolute Gasteiger partial charge is 0.326 e. The number of esters is 1. The monoisotopic (exact) mass is 557 g/mol. The van der Waals surface area contributed by atoms with Gasteiger partial charge in [0.1, 0.15) is 6.54 Å². The first-order valence-electron chi connectivity index (χ1n) is 9.62. The molecule has 9 nitrogen and oxygen atoms in total. The Bertz CT molecular complexity index is 879. The van der Waals surface area contributed by atoms with E-state index in [0.717, 1.165) is 4.90 Å². The first-order valence-corrected chi connectivity index (χ1v) is 11.5. The van der Waals surface area contributed by atoms with Crippen LogP contribution in [0.25, 0.3) is 0 Å². The lowest BCUT2D eigenvalue weighted by Gasteiger charge is -2.29. The predicted octanol–water partition coefficient (Wildman–Crippen LogP) is 2.05. The molecule has 1 heterocycles. The molecular formula is C20H21Br2N3O6. The molecule has 4 amide bonds. The Labute approximate surface area is 195 Å². The molecule has 11 heteroatoms. The predicted molar refractivity (Wildman–Crippen MR) is 119 cm³/mol. The van der Waals surface area contributed by atoms with Gasteiger partial charge < -0.3 is 15.4 Å². The zero-order valence-electron chi connectivity index (χ0n) is 16.6. The number of ether oxygens (including phenoxy) is 1. The molecule has 1 saturated heterocycles. The van der Waals surface area contributed by atoms with Crippen molar-refractivity contribution in [2.45, 2.75) is 29.4 Å². The maximum absolute atomic E-state index is 12.6. The summed E-state index contributed by atoms with van der Waals surface area (Å²) >= 11 is 7.01. The molecule has 31 heavy (non-hydrogen) atoms. The largest absolute Gasteiger partial charge is 0.454 e. The standard InChI is InChI=1S/C20H21Br2N3O6/c1-10(26)23-11-2-4-12(5-3-11)24-17(27)9-31-18(28)8-25-19(29)13-6-15(21)16(22)7-14(13)20(25)30/h2-5,13-16H,6-9H2,1H3,(H,23,26)(H,24,27)/t13-,14-,15+,16+/m1/s1. The summed E-state index contributed by atoms with van der Waals surface area (Å²) in [6, 6.07) is 6.40. The van der Waals surface area contributed by atoms with E-state index in [-0.39, 0.29) is 27.4 Å². The summed E-state index contributed by atoms with van der Waals surface area (Å²) in [7, 11) is 0. The fourth-order valence-electron chi connectivity index (χ4n) is 3.68. The highest BCUT2D eigenvalue weighted by molar-refractivity contribution is 9.12. The molecule has 0 spiro atoms. The minimum absolute atomic E-state index is 0.0772. The Morgan fingerprint density at radius 3 is 1.94 bits per heavy atom. The summed E-state index contributed by atoms with van der Waals surface area (Å²) in [5.74, 6) is -3.25. The quantitative estimate of drug-likeness (QED) is 0.313. The van der Waals surface area contributed by atoms with Gasteiger partial charge in [-0.1, -0.05) is 31.9 Å². The summed E-state index contributed by atoms with van der Waals surface area (Å²) in [5, 5.41) is 5.16. The van der Waals surface area contributed by atoms with E-state index in [1.807, 2.05) is 0 Å². The van der Waals surface area contributed by atoms with E-state index in [2.05, 4.69) is 42.5 Å². The van der Waals surface area contributed by atoms with Gasteiger partial charge in [0.2, 0.25) is 17.7 Å². The van der Waals surface area contributed by atoms with E-state index in [4.69, 9.17) is 4.74 Å². The average molecular weight is 559 g/mol. The highest BCUT2D eigenvalue weighted by atomic mass is 79.9. The van der Waals surface area contributed by atoms with Crippen molar-refractivity contribution in [3.63, 3.8) is 0 Å². The van der Waals surface area contributed by atoms with E-state index < -0.39 is 36.9 Å². The van der Waals surface area contributed by atoms with Gasteiger partial charge in [-0.2, -0.15) is 0 Å². The van der Waals surface area contributed by atoms with Crippen LogP contribution in [0.5, 0.6) is 0 Å². The maximum Gasteiger partial charge on any atom is 0.326 e. The van der Waals surface area contributed by atoms with Gasteiger partial charge in [-0.05, 0) is 37.1 Å². The number of halogens is 2. The molecule has 3 rings (SSSR count). The lowest BCUT2D eigenvalue weighted by atomic mass is 9.81. The molecule has 1 aliphatic heterocycles. The van der Waals surface area contributed by atoms with Crippen molar-refractivity contribution in [1.29, 1.82) is 0 Å². The Kier molecular flexibility index (Phi) is 7.47. The van der Waals surface area contributed by atoms with E-state index in [1.165, 1.54) is 6.92 Å². The lowest BCUT2D eigenvalue weighted by molar-refractivity contribution is -0.154. The van der Waals surface area contributed by atoms with Gasteiger partial charge in [-0.3, -0.25) is 28.9 Å². The van der Waals surface area contributed by atoms with Gasteiger partial charge in [0.25, 0.3) is 5.91 Å². The fourth-order valence-corrected chi connectivity index (χ4v) is 4.91. The molecule has 2 aliphatic rings. The Hall–Kier alpha value is -2.27. The SMILES string of the molecule is CC(=O)Nc1ccc(NC(=O)COC(=O)CN2C(=O)[C@@H]3C[C@H](Br)[C@@H](Br)C[C@H]3C2=O)cc1. The highest BCUT2D eigenvalue weighted by Gasteiger charge is 2.52. The summed E-state index contributed by atoms with van der Waals surface area (Å²) in [4.78, 5) is 61.4. The summed E-state index contributed by atoms with van der Waals surface area (Å²) in [6.45, 7) is 0.323. The van der Waals surface area contributed by atoms with Crippen LogP contribution in [0.1, 0.15) is 19.8 Å². The number of likely N-dealkylation sites (tertiary alicyclic amines) is 1. The number of alkyl halides is 2. The molecule has 0 bridgehead atoms. The maximum atomic E-state index is 12.6. The van der Waals surface area contributed by atoms with E-state index in [0.29, 0.717) is 24.2 Å². The zero-order chi connectivity index (χ0) is 22.7. The molecule has 166 valence electrons. The van der Waals surface area contributed by atoms with Crippen LogP contribution in [-0.4, -0.2) is 57.3 Å². The van der Waals surface area contributed by atoms with Crippen molar-refractivity contribution < 1.29 is 28.7 Å². The van der Waals surface area contributed by atoms with Gasteiger partial charge in [0, 0.05) is 28.0 Å². The van der Waals surface area contributed by atoms with E-state index in [9.17, 15) is 24.0 Å². The molecule has 1 aromatic carbocycles. The number of benzene rings is 1. The van der Waals surface area contributed by atoms with Gasteiger partial charge >= 0.3 is 5.97 Å². The third kappa shape index (κ3) is 5.70. The van der Waals surface area contributed by atoms with Crippen molar-refractivity contribution in [1.82, 2.24) is 4.90 Å². The van der Waals surface area contributed by atoms with E-state index in [1.54, 1.807) is 24.3 Å². The molecule has 1 aliphatic carbocycles. The van der Waals surface area contributed by atoms with Crippen LogP contribution in [0, 0.1) is 11.8 Å². The van der Waals surface area contributed by atoms with Crippen molar-refractivity contribution >= 4 is 72.8 Å². The molecule has 4 atom stereocenters. The van der Waals surface area contributed by atoms with Gasteiger partial charge in [-0.25, -0.2) is 0 Å². The fraction of sp³-hybridized carbons (Fsp3) is 0.450. The van der Waals surface area contributed by atoms with Crippen LogP contribution in [0.4, 0.5) is 11.4 Å².